The summed E-state index contributed by atoms with van der Waals surface area (Å²) in [6.45, 7) is 3.41. The monoisotopic (exact) mass is 315 g/mol. The van der Waals surface area contributed by atoms with Gasteiger partial charge in [-0.25, -0.2) is 4.98 Å². The molecule has 1 heterocycles. The van der Waals surface area contributed by atoms with Crippen molar-refractivity contribution in [1.29, 1.82) is 0 Å². The Balaban J connectivity index is 2.38. The molecule has 1 aromatic heterocycles. The van der Waals surface area contributed by atoms with Crippen molar-refractivity contribution in [3.8, 4) is 0 Å². The van der Waals surface area contributed by atoms with Crippen LogP contribution < -0.4 is 10.6 Å². The molecule has 20 heavy (non-hydrogen) atoms. The molecule has 4 nitrogen and oxygen atoms in total. The van der Waals surface area contributed by atoms with Gasteiger partial charge < -0.3 is 10.6 Å². The summed E-state index contributed by atoms with van der Waals surface area (Å²) in [4.78, 5) is 16.1. The molecule has 0 fully saturated rings. The third kappa shape index (κ3) is 6.01. The Morgan fingerprint density at radius 3 is 2.85 bits per heavy atom. The Kier molecular flexibility index (Phi) is 8.46. The summed E-state index contributed by atoms with van der Waals surface area (Å²) in [5.74, 6) is 1.68. The second-order valence-electron chi connectivity index (χ2n) is 4.39. The minimum atomic E-state index is -0.118. The van der Waals surface area contributed by atoms with Crippen LogP contribution in [0.25, 0.3) is 0 Å². The van der Waals surface area contributed by atoms with E-state index in [0.717, 1.165) is 19.4 Å². The second-order valence-corrected chi connectivity index (χ2v) is 5.79. The summed E-state index contributed by atoms with van der Waals surface area (Å²) in [7, 11) is 0. The van der Waals surface area contributed by atoms with Crippen LogP contribution in [0.2, 0.25) is 5.02 Å². The average Bonchev–Trinajstić information content (AvgIpc) is 2.45. The predicted octanol–water partition coefficient (Wildman–Crippen LogP) is 3.43. The Hall–Kier alpha value is -0.940. The molecule has 0 aliphatic carbocycles. The highest BCUT2D eigenvalue weighted by molar-refractivity contribution is 7.98. The van der Waals surface area contributed by atoms with E-state index in [4.69, 9.17) is 11.6 Å². The first kappa shape index (κ1) is 17.1. The fraction of sp³-hybridized carbons (Fsp3) is 0.571. The van der Waals surface area contributed by atoms with Crippen LogP contribution in [0.1, 0.15) is 36.5 Å². The minimum Gasteiger partial charge on any atom is -0.369 e. The number of unbranched alkanes of at least 4 members (excludes halogenated alkanes) is 2. The molecule has 1 amide bonds. The lowest BCUT2D eigenvalue weighted by Gasteiger charge is -2.08. The summed E-state index contributed by atoms with van der Waals surface area (Å²) >= 11 is 7.92. The lowest BCUT2D eigenvalue weighted by Crippen LogP contribution is -2.24. The van der Waals surface area contributed by atoms with Gasteiger partial charge in [-0.15, -0.1) is 0 Å². The molecule has 0 aromatic carbocycles. The van der Waals surface area contributed by atoms with Crippen molar-refractivity contribution < 1.29 is 4.79 Å². The van der Waals surface area contributed by atoms with Crippen LogP contribution in [0.3, 0.4) is 0 Å². The standard InChI is InChI=1S/C14H22ClN3OS/c1-3-16-13-12(15)9-11(10-18-13)14(19)17-7-5-4-6-8-20-2/h9-10H,3-8H2,1-2H3,(H,16,18)(H,17,19). The number of hydrogen-bond acceptors (Lipinski definition) is 4. The van der Waals surface area contributed by atoms with Crippen LogP contribution in [-0.4, -0.2) is 36.0 Å². The van der Waals surface area contributed by atoms with E-state index in [0.29, 0.717) is 22.9 Å². The van der Waals surface area contributed by atoms with Crippen molar-refractivity contribution in [1.82, 2.24) is 10.3 Å². The lowest BCUT2D eigenvalue weighted by molar-refractivity contribution is 0.0952. The molecule has 0 spiro atoms. The summed E-state index contributed by atoms with van der Waals surface area (Å²) in [6.07, 6.45) is 6.99. The average molecular weight is 316 g/mol. The smallest absolute Gasteiger partial charge is 0.252 e. The van der Waals surface area contributed by atoms with Gasteiger partial charge in [-0.1, -0.05) is 18.0 Å². The van der Waals surface area contributed by atoms with Gasteiger partial charge in [-0.3, -0.25) is 4.79 Å². The summed E-state index contributed by atoms with van der Waals surface area (Å²) in [6, 6.07) is 1.65. The van der Waals surface area contributed by atoms with Crippen molar-refractivity contribution >= 4 is 35.1 Å². The van der Waals surface area contributed by atoms with Gasteiger partial charge >= 0.3 is 0 Å². The molecule has 112 valence electrons. The third-order valence-corrected chi connectivity index (χ3v) is 3.74. The Morgan fingerprint density at radius 1 is 1.40 bits per heavy atom. The van der Waals surface area contributed by atoms with E-state index in [9.17, 15) is 4.79 Å². The van der Waals surface area contributed by atoms with Crippen molar-refractivity contribution in [3.63, 3.8) is 0 Å². The lowest BCUT2D eigenvalue weighted by atomic mass is 10.2. The predicted molar refractivity (Wildman–Crippen MR) is 88.0 cm³/mol. The molecule has 0 unspecified atom stereocenters. The number of carbonyl (C=O) groups excluding carboxylic acids is 1. The number of carbonyl (C=O) groups is 1. The van der Waals surface area contributed by atoms with Gasteiger partial charge in [0.1, 0.15) is 5.82 Å². The fourth-order valence-corrected chi connectivity index (χ4v) is 2.44. The van der Waals surface area contributed by atoms with Gasteiger partial charge in [0.05, 0.1) is 10.6 Å². The number of halogens is 1. The third-order valence-electron chi connectivity index (χ3n) is 2.76. The first-order valence-electron chi connectivity index (χ1n) is 6.85. The largest absolute Gasteiger partial charge is 0.369 e. The van der Waals surface area contributed by atoms with Crippen LogP contribution in [0.4, 0.5) is 5.82 Å². The number of anilines is 1. The maximum Gasteiger partial charge on any atom is 0.252 e. The Labute approximate surface area is 130 Å². The zero-order chi connectivity index (χ0) is 14.8. The van der Waals surface area contributed by atoms with Crippen LogP contribution in [-0.2, 0) is 0 Å². The molecule has 0 saturated carbocycles. The number of aromatic nitrogens is 1. The van der Waals surface area contributed by atoms with Crippen LogP contribution in [0, 0.1) is 0 Å². The number of pyridine rings is 1. The highest BCUT2D eigenvalue weighted by atomic mass is 35.5. The van der Waals surface area contributed by atoms with Crippen molar-refractivity contribution in [3.05, 3.63) is 22.8 Å². The molecular formula is C14H22ClN3OS. The van der Waals surface area contributed by atoms with E-state index in [1.54, 1.807) is 12.3 Å². The van der Waals surface area contributed by atoms with Crippen LogP contribution in [0.5, 0.6) is 0 Å². The van der Waals surface area contributed by atoms with Gasteiger partial charge in [-0.2, -0.15) is 11.8 Å². The number of nitrogens with zero attached hydrogens (tertiary/aromatic N) is 1. The first-order valence-corrected chi connectivity index (χ1v) is 8.62. The van der Waals surface area contributed by atoms with Crippen LogP contribution >= 0.6 is 23.4 Å². The molecule has 0 atom stereocenters. The molecule has 6 heteroatoms. The molecule has 0 radical (unpaired) electrons. The van der Waals surface area contributed by atoms with Crippen molar-refractivity contribution in [2.24, 2.45) is 0 Å². The molecule has 0 bridgehead atoms. The normalized spacial score (nSPS) is 10.3. The summed E-state index contributed by atoms with van der Waals surface area (Å²) < 4.78 is 0. The maximum atomic E-state index is 11.9. The number of hydrogen-bond donors (Lipinski definition) is 2. The molecule has 1 rings (SSSR count). The van der Waals surface area contributed by atoms with Gasteiger partial charge in [-0.05, 0) is 37.8 Å². The zero-order valence-electron chi connectivity index (χ0n) is 12.0. The highest BCUT2D eigenvalue weighted by Gasteiger charge is 2.09. The van der Waals surface area contributed by atoms with Gasteiger partial charge in [0, 0.05) is 19.3 Å². The molecule has 2 N–H and O–H groups in total. The minimum absolute atomic E-state index is 0.118. The maximum absolute atomic E-state index is 11.9. The van der Waals surface area contributed by atoms with Crippen molar-refractivity contribution in [2.75, 3.05) is 30.4 Å². The number of rotatable bonds is 9. The molecule has 0 aliphatic rings. The quantitative estimate of drug-likeness (QED) is 0.686. The number of nitrogens with one attached hydrogen (secondary N) is 2. The van der Waals surface area contributed by atoms with E-state index < -0.39 is 0 Å². The van der Waals surface area contributed by atoms with E-state index in [1.165, 1.54) is 12.2 Å². The molecule has 1 aromatic rings. The van der Waals surface area contributed by atoms with Gasteiger partial charge in [0.25, 0.3) is 5.91 Å². The highest BCUT2D eigenvalue weighted by Crippen LogP contribution is 2.19. The van der Waals surface area contributed by atoms with E-state index in [-0.39, 0.29) is 5.91 Å². The summed E-state index contributed by atoms with van der Waals surface area (Å²) in [5.41, 5.74) is 0.501. The van der Waals surface area contributed by atoms with Crippen molar-refractivity contribution in [2.45, 2.75) is 26.2 Å². The van der Waals surface area contributed by atoms with E-state index in [2.05, 4.69) is 21.9 Å². The van der Waals surface area contributed by atoms with E-state index in [1.807, 2.05) is 18.7 Å². The molecule has 0 aliphatic heterocycles. The SMILES string of the molecule is CCNc1ncc(C(=O)NCCCCCSC)cc1Cl. The van der Waals surface area contributed by atoms with Crippen LogP contribution in [0.15, 0.2) is 12.3 Å². The topological polar surface area (TPSA) is 54.0 Å². The fourth-order valence-electron chi connectivity index (χ4n) is 1.71. The molecular weight excluding hydrogens is 294 g/mol. The van der Waals surface area contributed by atoms with Gasteiger partial charge in [0.15, 0.2) is 0 Å². The van der Waals surface area contributed by atoms with Gasteiger partial charge in [0.2, 0.25) is 0 Å². The summed E-state index contributed by atoms with van der Waals surface area (Å²) in [5, 5.41) is 6.40. The van der Waals surface area contributed by atoms with E-state index >= 15 is 0 Å². The Bertz CT molecular complexity index is 429. The Morgan fingerprint density at radius 2 is 2.20 bits per heavy atom. The first-order chi connectivity index (χ1) is 9.69. The number of amides is 1. The zero-order valence-corrected chi connectivity index (χ0v) is 13.6. The number of thioether (sulfide) groups is 1. The molecule has 0 saturated heterocycles. The second kappa shape index (κ2) is 9.88.